The van der Waals surface area contributed by atoms with Crippen LogP contribution in [0.2, 0.25) is 0 Å². The predicted octanol–water partition coefficient (Wildman–Crippen LogP) is 2.84. The second kappa shape index (κ2) is 7.42. The van der Waals surface area contributed by atoms with E-state index in [2.05, 4.69) is 15.4 Å². The maximum absolute atomic E-state index is 13.1. The van der Waals surface area contributed by atoms with Gasteiger partial charge in [-0.15, -0.1) is 0 Å². The van der Waals surface area contributed by atoms with Gasteiger partial charge in [0.25, 0.3) is 5.91 Å². The van der Waals surface area contributed by atoms with Crippen molar-refractivity contribution in [1.29, 1.82) is 0 Å². The van der Waals surface area contributed by atoms with E-state index in [-0.39, 0.29) is 17.7 Å². The van der Waals surface area contributed by atoms with Crippen molar-refractivity contribution >= 4 is 23.1 Å². The Balaban J connectivity index is 1.50. The number of likely N-dealkylation sites (tertiary alicyclic amines) is 1. The van der Waals surface area contributed by atoms with Crippen LogP contribution in [-0.2, 0) is 4.79 Å². The van der Waals surface area contributed by atoms with Crippen LogP contribution >= 0.6 is 0 Å². The highest BCUT2D eigenvalue weighted by atomic mass is 16.2. The number of piperidine rings is 1. The van der Waals surface area contributed by atoms with Gasteiger partial charge in [0.1, 0.15) is 0 Å². The number of benzene rings is 1. The monoisotopic (exact) mass is 377 g/mol. The lowest BCUT2D eigenvalue weighted by molar-refractivity contribution is -0.121. The second-order valence-electron chi connectivity index (χ2n) is 7.26. The molecule has 0 saturated carbocycles. The molecule has 7 heteroatoms. The molecule has 28 heavy (non-hydrogen) atoms. The van der Waals surface area contributed by atoms with E-state index in [0.29, 0.717) is 18.7 Å². The summed E-state index contributed by atoms with van der Waals surface area (Å²) in [5.41, 5.74) is 3.65. The van der Waals surface area contributed by atoms with Crippen LogP contribution in [0.15, 0.2) is 42.6 Å². The van der Waals surface area contributed by atoms with Gasteiger partial charge in [-0.3, -0.25) is 9.59 Å². The van der Waals surface area contributed by atoms with Gasteiger partial charge in [0, 0.05) is 31.0 Å². The van der Waals surface area contributed by atoms with Gasteiger partial charge in [0.15, 0.2) is 5.65 Å². The Labute approximate surface area is 163 Å². The number of hydrogen-bond acceptors (Lipinski definition) is 4. The van der Waals surface area contributed by atoms with Crippen molar-refractivity contribution in [2.24, 2.45) is 5.92 Å². The van der Waals surface area contributed by atoms with Crippen molar-refractivity contribution < 1.29 is 9.59 Å². The molecule has 1 aliphatic heterocycles. The Morgan fingerprint density at radius 3 is 2.75 bits per heavy atom. The molecule has 144 valence electrons. The Bertz CT molecular complexity index is 1030. The average Bonchev–Trinajstić information content (AvgIpc) is 3.10. The van der Waals surface area contributed by atoms with Crippen LogP contribution in [0.1, 0.15) is 34.6 Å². The summed E-state index contributed by atoms with van der Waals surface area (Å²) in [5, 5.41) is 7.36. The number of aromatic nitrogens is 3. The van der Waals surface area contributed by atoms with Crippen LogP contribution in [0.4, 0.5) is 5.69 Å². The molecule has 1 atom stereocenters. The second-order valence-corrected chi connectivity index (χ2v) is 7.26. The summed E-state index contributed by atoms with van der Waals surface area (Å²) in [6.07, 6.45) is 3.19. The van der Waals surface area contributed by atoms with Crippen molar-refractivity contribution in [3.63, 3.8) is 0 Å². The number of amides is 2. The van der Waals surface area contributed by atoms with E-state index in [1.165, 1.54) is 0 Å². The highest BCUT2D eigenvalue weighted by Crippen LogP contribution is 2.22. The number of para-hydroxylation sites is 1. The fourth-order valence-electron chi connectivity index (χ4n) is 3.68. The number of carbonyl (C=O) groups excluding carboxylic acids is 2. The van der Waals surface area contributed by atoms with E-state index in [1.54, 1.807) is 15.6 Å². The molecule has 1 N–H and O–H groups in total. The van der Waals surface area contributed by atoms with E-state index in [9.17, 15) is 9.59 Å². The minimum absolute atomic E-state index is 0.0447. The lowest BCUT2D eigenvalue weighted by Gasteiger charge is -2.32. The minimum Gasteiger partial charge on any atom is -0.338 e. The lowest BCUT2D eigenvalue weighted by atomic mass is 9.96. The average molecular weight is 377 g/mol. The number of carbonyl (C=O) groups is 2. The van der Waals surface area contributed by atoms with E-state index in [0.717, 1.165) is 35.6 Å². The van der Waals surface area contributed by atoms with Crippen LogP contribution in [-0.4, -0.2) is 44.4 Å². The number of anilines is 1. The normalized spacial score (nSPS) is 16.9. The molecule has 1 fully saturated rings. The van der Waals surface area contributed by atoms with Gasteiger partial charge in [-0.2, -0.15) is 5.10 Å². The molecule has 4 rings (SSSR count). The maximum Gasteiger partial charge on any atom is 0.257 e. The van der Waals surface area contributed by atoms with Gasteiger partial charge in [-0.25, -0.2) is 9.50 Å². The van der Waals surface area contributed by atoms with E-state index in [4.69, 9.17) is 0 Å². The van der Waals surface area contributed by atoms with Crippen LogP contribution < -0.4 is 5.32 Å². The molecule has 1 aromatic carbocycles. The first-order valence-corrected chi connectivity index (χ1v) is 9.50. The van der Waals surface area contributed by atoms with Crippen LogP contribution in [0.3, 0.4) is 0 Å². The Kier molecular flexibility index (Phi) is 4.81. The summed E-state index contributed by atoms with van der Waals surface area (Å²) in [4.78, 5) is 31.9. The van der Waals surface area contributed by atoms with Crippen molar-refractivity contribution in [2.75, 3.05) is 18.4 Å². The van der Waals surface area contributed by atoms with Gasteiger partial charge >= 0.3 is 0 Å². The third-order valence-corrected chi connectivity index (χ3v) is 5.20. The van der Waals surface area contributed by atoms with Crippen LogP contribution in [0.5, 0.6) is 0 Å². The Morgan fingerprint density at radius 1 is 1.18 bits per heavy atom. The largest absolute Gasteiger partial charge is 0.338 e. The van der Waals surface area contributed by atoms with Crippen molar-refractivity contribution in [2.45, 2.75) is 26.7 Å². The summed E-state index contributed by atoms with van der Waals surface area (Å²) in [6.45, 7) is 4.82. The topological polar surface area (TPSA) is 79.6 Å². The fourth-order valence-corrected chi connectivity index (χ4v) is 3.68. The summed E-state index contributed by atoms with van der Waals surface area (Å²) in [5.74, 6) is -0.365. The zero-order valence-corrected chi connectivity index (χ0v) is 16.1. The molecule has 3 heterocycles. The molecule has 1 aliphatic rings. The summed E-state index contributed by atoms with van der Waals surface area (Å²) < 4.78 is 1.70. The summed E-state index contributed by atoms with van der Waals surface area (Å²) in [6, 6.07) is 11.3. The third-order valence-electron chi connectivity index (χ3n) is 5.20. The number of nitrogens with one attached hydrogen (secondary N) is 1. The smallest absolute Gasteiger partial charge is 0.257 e. The van der Waals surface area contributed by atoms with Gasteiger partial charge in [-0.05, 0) is 38.8 Å². The van der Waals surface area contributed by atoms with E-state index in [1.807, 2.05) is 50.2 Å². The number of hydrogen-bond donors (Lipinski definition) is 1. The fraction of sp³-hybridized carbons (Fsp3) is 0.333. The molecule has 3 aromatic rings. The van der Waals surface area contributed by atoms with Gasteiger partial charge in [-0.1, -0.05) is 18.2 Å². The zero-order chi connectivity index (χ0) is 19.7. The third kappa shape index (κ3) is 3.47. The van der Waals surface area contributed by atoms with E-state index >= 15 is 0 Å². The van der Waals surface area contributed by atoms with Crippen molar-refractivity contribution in [1.82, 2.24) is 19.5 Å². The predicted molar refractivity (Wildman–Crippen MR) is 106 cm³/mol. The SMILES string of the molecule is Cc1cc2ncc(C(=O)N3CCCC(C(=O)Nc4ccccc4)C3)c(C)n2n1. The first kappa shape index (κ1) is 18.2. The lowest BCUT2D eigenvalue weighted by Crippen LogP contribution is -2.44. The highest BCUT2D eigenvalue weighted by molar-refractivity contribution is 5.97. The number of fused-ring (bicyclic) bond motifs is 1. The highest BCUT2D eigenvalue weighted by Gasteiger charge is 2.30. The first-order chi connectivity index (χ1) is 13.5. The molecule has 0 radical (unpaired) electrons. The Morgan fingerprint density at radius 2 is 1.96 bits per heavy atom. The van der Waals surface area contributed by atoms with Gasteiger partial charge in [0.05, 0.1) is 22.9 Å². The maximum atomic E-state index is 13.1. The van der Waals surface area contributed by atoms with Crippen LogP contribution in [0, 0.1) is 19.8 Å². The molecule has 0 spiro atoms. The van der Waals surface area contributed by atoms with Gasteiger partial charge < -0.3 is 10.2 Å². The molecule has 0 aliphatic carbocycles. The zero-order valence-electron chi connectivity index (χ0n) is 16.1. The summed E-state index contributed by atoms with van der Waals surface area (Å²) >= 11 is 0. The summed E-state index contributed by atoms with van der Waals surface area (Å²) in [7, 11) is 0. The number of rotatable bonds is 3. The molecule has 2 aromatic heterocycles. The standard InChI is InChI=1S/C21H23N5O2/c1-14-11-19-22-12-18(15(2)26(19)24-14)21(28)25-10-6-7-16(13-25)20(27)23-17-8-4-3-5-9-17/h3-5,8-9,11-12,16H,6-7,10,13H2,1-2H3,(H,23,27). The minimum atomic E-state index is -0.221. The molecule has 1 unspecified atom stereocenters. The molecule has 0 bridgehead atoms. The van der Waals surface area contributed by atoms with Crippen LogP contribution in [0.25, 0.3) is 5.65 Å². The van der Waals surface area contributed by atoms with Crippen molar-refractivity contribution in [3.05, 3.63) is 59.5 Å². The number of nitrogens with zero attached hydrogens (tertiary/aromatic N) is 4. The molecular weight excluding hydrogens is 354 g/mol. The first-order valence-electron chi connectivity index (χ1n) is 9.50. The Hall–Kier alpha value is -3.22. The quantitative estimate of drug-likeness (QED) is 0.761. The molecule has 7 nitrogen and oxygen atoms in total. The number of aryl methyl sites for hydroxylation is 2. The van der Waals surface area contributed by atoms with Crippen molar-refractivity contribution in [3.8, 4) is 0 Å². The van der Waals surface area contributed by atoms with E-state index < -0.39 is 0 Å². The molecule has 1 saturated heterocycles. The van der Waals surface area contributed by atoms with Gasteiger partial charge in [0.2, 0.25) is 5.91 Å². The molecular formula is C21H23N5O2. The molecule has 2 amide bonds.